The van der Waals surface area contributed by atoms with Gasteiger partial charge < -0.3 is 15.4 Å². The van der Waals surface area contributed by atoms with Crippen LogP contribution in [0.4, 0.5) is 0 Å². The SMILES string of the molecule is CCC(C)NC(=O)C(C)NCC1(OC)CCC1. The van der Waals surface area contributed by atoms with E-state index in [1.54, 1.807) is 7.11 Å². The molecule has 100 valence electrons. The molecule has 0 bridgehead atoms. The van der Waals surface area contributed by atoms with Crippen molar-refractivity contribution in [2.45, 2.75) is 64.1 Å². The number of methoxy groups -OCH3 is 1. The van der Waals surface area contributed by atoms with Crippen LogP contribution in [0.5, 0.6) is 0 Å². The molecule has 0 spiro atoms. The number of nitrogens with one attached hydrogen (secondary N) is 2. The quantitative estimate of drug-likeness (QED) is 0.710. The van der Waals surface area contributed by atoms with E-state index in [-0.39, 0.29) is 23.6 Å². The smallest absolute Gasteiger partial charge is 0.237 e. The third-order valence-corrected chi connectivity index (χ3v) is 3.82. The minimum atomic E-state index is -0.156. The van der Waals surface area contributed by atoms with E-state index >= 15 is 0 Å². The van der Waals surface area contributed by atoms with E-state index in [4.69, 9.17) is 4.74 Å². The summed E-state index contributed by atoms with van der Waals surface area (Å²) in [6.07, 6.45) is 4.37. The molecule has 2 N–H and O–H groups in total. The van der Waals surface area contributed by atoms with Gasteiger partial charge in [0.15, 0.2) is 0 Å². The summed E-state index contributed by atoms with van der Waals surface area (Å²) < 4.78 is 5.51. The number of ether oxygens (including phenoxy) is 1. The second-order valence-electron chi connectivity index (χ2n) is 5.16. The number of hydrogen-bond acceptors (Lipinski definition) is 3. The van der Waals surface area contributed by atoms with E-state index in [1.165, 1.54) is 6.42 Å². The summed E-state index contributed by atoms with van der Waals surface area (Å²) >= 11 is 0. The lowest BCUT2D eigenvalue weighted by Gasteiger charge is -2.41. The Labute approximate surface area is 104 Å². The molecule has 17 heavy (non-hydrogen) atoms. The number of amides is 1. The van der Waals surface area contributed by atoms with Crippen LogP contribution in [-0.2, 0) is 9.53 Å². The maximum atomic E-state index is 11.8. The first-order valence-electron chi connectivity index (χ1n) is 6.62. The molecule has 0 aromatic carbocycles. The van der Waals surface area contributed by atoms with Gasteiger partial charge in [0, 0.05) is 19.7 Å². The average molecular weight is 242 g/mol. The van der Waals surface area contributed by atoms with Crippen molar-refractivity contribution in [3.8, 4) is 0 Å². The van der Waals surface area contributed by atoms with Gasteiger partial charge >= 0.3 is 0 Å². The van der Waals surface area contributed by atoms with Gasteiger partial charge in [0.2, 0.25) is 5.91 Å². The van der Waals surface area contributed by atoms with Crippen LogP contribution in [0.1, 0.15) is 46.5 Å². The summed E-state index contributed by atoms with van der Waals surface area (Å²) in [5.41, 5.74) is -0.0229. The molecule has 4 heteroatoms. The Balaban J connectivity index is 2.28. The summed E-state index contributed by atoms with van der Waals surface area (Å²) in [7, 11) is 1.75. The van der Waals surface area contributed by atoms with Crippen molar-refractivity contribution in [1.29, 1.82) is 0 Å². The maximum Gasteiger partial charge on any atom is 0.237 e. The van der Waals surface area contributed by atoms with Crippen molar-refractivity contribution >= 4 is 5.91 Å². The lowest BCUT2D eigenvalue weighted by molar-refractivity contribution is -0.124. The first kappa shape index (κ1) is 14.5. The van der Waals surface area contributed by atoms with E-state index in [0.717, 1.165) is 25.8 Å². The van der Waals surface area contributed by atoms with Crippen LogP contribution in [0, 0.1) is 0 Å². The number of hydrogen-bond donors (Lipinski definition) is 2. The zero-order valence-electron chi connectivity index (χ0n) is 11.5. The first-order chi connectivity index (χ1) is 8.03. The molecule has 0 aromatic heterocycles. The van der Waals surface area contributed by atoms with Gasteiger partial charge in [-0.1, -0.05) is 6.92 Å². The van der Waals surface area contributed by atoms with Crippen molar-refractivity contribution in [3.63, 3.8) is 0 Å². The van der Waals surface area contributed by atoms with Gasteiger partial charge in [0.1, 0.15) is 0 Å². The zero-order valence-corrected chi connectivity index (χ0v) is 11.5. The largest absolute Gasteiger partial charge is 0.377 e. The van der Waals surface area contributed by atoms with E-state index in [1.807, 2.05) is 13.8 Å². The highest BCUT2D eigenvalue weighted by molar-refractivity contribution is 5.81. The molecule has 1 aliphatic carbocycles. The predicted octanol–water partition coefficient (Wildman–Crippen LogP) is 1.45. The second kappa shape index (κ2) is 6.36. The molecule has 0 aromatic rings. The Morgan fingerprint density at radius 2 is 2.06 bits per heavy atom. The predicted molar refractivity (Wildman–Crippen MR) is 69.0 cm³/mol. The lowest BCUT2D eigenvalue weighted by atomic mass is 9.80. The van der Waals surface area contributed by atoms with Crippen molar-refractivity contribution in [3.05, 3.63) is 0 Å². The topological polar surface area (TPSA) is 50.4 Å². The van der Waals surface area contributed by atoms with Gasteiger partial charge in [-0.25, -0.2) is 0 Å². The van der Waals surface area contributed by atoms with Gasteiger partial charge in [0.25, 0.3) is 0 Å². The summed E-state index contributed by atoms with van der Waals surface area (Å²) in [5, 5.41) is 6.25. The normalized spacial score (nSPS) is 21.4. The molecule has 0 aliphatic heterocycles. The molecule has 0 heterocycles. The summed E-state index contributed by atoms with van der Waals surface area (Å²) in [6, 6.07) is 0.0865. The summed E-state index contributed by atoms with van der Waals surface area (Å²) in [5.74, 6) is 0.0740. The molecular formula is C13H26N2O2. The molecule has 1 fully saturated rings. The highest BCUT2D eigenvalue weighted by Gasteiger charge is 2.37. The average Bonchev–Trinajstić information content (AvgIpc) is 2.27. The number of carbonyl (C=O) groups is 1. The molecule has 0 saturated heterocycles. The van der Waals surface area contributed by atoms with Crippen LogP contribution < -0.4 is 10.6 Å². The van der Waals surface area contributed by atoms with Crippen molar-refractivity contribution in [2.75, 3.05) is 13.7 Å². The minimum absolute atomic E-state index is 0.0229. The molecule has 2 unspecified atom stereocenters. The van der Waals surface area contributed by atoms with Crippen molar-refractivity contribution in [1.82, 2.24) is 10.6 Å². The zero-order chi connectivity index (χ0) is 12.9. The second-order valence-corrected chi connectivity index (χ2v) is 5.16. The lowest BCUT2D eigenvalue weighted by Crippen LogP contribution is -2.53. The van der Waals surface area contributed by atoms with Crippen LogP contribution in [0.3, 0.4) is 0 Å². The Kier molecular flexibility index (Phi) is 5.40. The Morgan fingerprint density at radius 1 is 1.41 bits per heavy atom. The van der Waals surface area contributed by atoms with Crippen LogP contribution in [-0.4, -0.2) is 37.2 Å². The fraction of sp³-hybridized carbons (Fsp3) is 0.923. The molecule has 1 aliphatic rings. The molecule has 0 radical (unpaired) electrons. The minimum Gasteiger partial charge on any atom is -0.377 e. The van der Waals surface area contributed by atoms with E-state index in [9.17, 15) is 4.79 Å². The Hall–Kier alpha value is -0.610. The van der Waals surface area contributed by atoms with Crippen molar-refractivity contribution in [2.24, 2.45) is 0 Å². The fourth-order valence-corrected chi connectivity index (χ4v) is 1.93. The van der Waals surface area contributed by atoms with Crippen LogP contribution in [0.2, 0.25) is 0 Å². The molecule has 2 atom stereocenters. The van der Waals surface area contributed by atoms with E-state index in [2.05, 4.69) is 17.6 Å². The number of carbonyl (C=O) groups excluding carboxylic acids is 1. The van der Waals surface area contributed by atoms with Crippen LogP contribution >= 0.6 is 0 Å². The fourth-order valence-electron chi connectivity index (χ4n) is 1.93. The van der Waals surface area contributed by atoms with Gasteiger partial charge in [-0.05, 0) is 39.5 Å². The molecule has 1 saturated carbocycles. The standard InChI is InChI=1S/C13H26N2O2/c1-5-10(2)15-12(16)11(3)14-9-13(17-4)7-6-8-13/h10-11,14H,5-9H2,1-4H3,(H,15,16). The summed E-state index contributed by atoms with van der Waals surface area (Å²) in [6.45, 7) is 6.75. The van der Waals surface area contributed by atoms with Crippen molar-refractivity contribution < 1.29 is 9.53 Å². The molecule has 1 amide bonds. The molecule has 1 rings (SSSR count). The Bertz CT molecular complexity index is 246. The maximum absolute atomic E-state index is 11.8. The van der Waals surface area contributed by atoms with E-state index < -0.39 is 0 Å². The molecular weight excluding hydrogens is 216 g/mol. The highest BCUT2D eigenvalue weighted by atomic mass is 16.5. The van der Waals surface area contributed by atoms with E-state index in [0.29, 0.717) is 0 Å². The third kappa shape index (κ3) is 3.96. The van der Waals surface area contributed by atoms with Gasteiger partial charge in [-0.2, -0.15) is 0 Å². The van der Waals surface area contributed by atoms with Gasteiger partial charge in [-0.15, -0.1) is 0 Å². The van der Waals surface area contributed by atoms with Gasteiger partial charge in [-0.3, -0.25) is 4.79 Å². The van der Waals surface area contributed by atoms with Crippen LogP contribution in [0.25, 0.3) is 0 Å². The highest BCUT2D eigenvalue weighted by Crippen LogP contribution is 2.34. The number of rotatable bonds is 7. The summed E-state index contributed by atoms with van der Waals surface area (Å²) in [4.78, 5) is 11.8. The van der Waals surface area contributed by atoms with Gasteiger partial charge in [0.05, 0.1) is 11.6 Å². The first-order valence-corrected chi connectivity index (χ1v) is 6.62. The monoisotopic (exact) mass is 242 g/mol. The van der Waals surface area contributed by atoms with Crippen LogP contribution in [0.15, 0.2) is 0 Å². The third-order valence-electron chi connectivity index (χ3n) is 3.82. The molecule has 4 nitrogen and oxygen atoms in total. The Morgan fingerprint density at radius 3 is 2.47 bits per heavy atom.